The second-order valence-corrected chi connectivity index (χ2v) is 6.47. The molecule has 0 aliphatic heterocycles. The van der Waals surface area contributed by atoms with Crippen molar-refractivity contribution >= 4 is 21.4 Å². The lowest BCUT2D eigenvalue weighted by Gasteiger charge is -2.14. The predicted molar refractivity (Wildman–Crippen MR) is 71.9 cm³/mol. The molecular weight excluding hydrogens is 274 g/mol. The standard InChI is InChI=1S/C10H19N3O3S2/c1-2-9(10-12-4-7-17-10)13-18(14,15)8-6-16-5-3-11/h4,7,9,13H,2-3,5-6,8,11H2,1H3. The third-order valence-corrected chi connectivity index (χ3v) is 4.48. The SMILES string of the molecule is CCC(NS(=O)(=O)CCOCCN)c1nccs1. The van der Waals surface area contributed by atoms with Crippen LogP contribution in [0.25, 0.3) is 0 Å². The molecule has 6 nitrogen and oxygen atoms in total. The first kappa shape index (κ1) is 15.5. The highest BCUT2D eigenvalue weighted by Gasteiger charge is 2.19. The first-order valence-corrected chi connectivity index (χ1v) is 8.29. The number of hydrogen-bond acceptors (Lipinski definition) is 6. The monoisotopic (exact) mass is 293 g/mol. The number of hydrogen-bond donors (Lipinski definition) is 2. The molecule has 1 unspecified atom stereocenters. The van der Waals surface area contributed by atoms with E-state index in [0.29, 0.717) is 19.6 Å². The summed E-state index contributed by atoms with van der Waals surface area (Å²) in [5, 5.41) is 2.61. The quantitative estimate of drug-likeness (QED) is 0.646. The van der Waals surface area contributed by atoms with Gasteiger partial charge in [0.15, 0.2) is 0 Å². The summed E-state index contributed by atoms with van der Waals surface area (Å²) < 4.78 is 31.3. The topological polar surface area (TPSA) is 94.3 Å². The van der Waals surface area contributed by atoms with E-state index in [1.165, 1.54) is 11.3 Å². The van der Waals surface area contributed by atoms with Gasteiger partial charge in [-0.1, -0.05) is 6.92 Å². The molecule has 0 saturated heterocycles. The van der Waals surface area contributed by atoms with E-state index < -0.39 is 10.0 Å². The van der Waals surface area contributed by atoms with Crippen molar-refractivity contribution in [1.29, 1.82) is 0 Å². The largest absolute Gasteiger partial charge is 0.379 e. The number of sulfonamides is 1. The zero-order chi connectivity index (χ0) is 13.4. The highest BCUT2D eigenvalue weighted by molar-refractivity contribution is 7.89. The smallest absolute Gasteiger partial charge is 0.214 e. The van der Waals surface area contributed by atoms with Crippen LogP contribution in [0, 0.1) is 0 Å². The molecule has 0 spiro atoms. The molecule has 1 aromatic rings. The Balaban J connectivity index is 2.48. The second kappa shape index (κ2) is 7.80. The van der Waals surface area contributed by atoms with E-state index in [2.05, 4.69) is 9.71 Å². The molecule has 1 heterocycles. The van der Waals surface area contributed by atoms with Gasteiger partial charge in [0.25, 0.3) is 0 Å². The van der Waals surface area contributed by atoms with Crippen LogP contribution >= 0.6 is 11.3 Å². The van der Waals surface area contributed by atoms with E-state index in [9.17, 15) is 8.42 Å². The van der Waals surface area contributed by atoms with Gasteiger partial charge >= 0.3 is 0 Å². The van der Waals surface area contributed by atoms with Crippen LogP contribution in [0.1, 0.15) is 24.4 Å². The maximum atomic E-state index is 11.8. The molecule has 0 fully saturated rings. The van der Waals surface area contributed by atoms with Crippen LogP contribution in [0.2, 0.25) is 0 Å². The van der Waals surface area contributed by atoms with Gasteiger partial charge in [-0.05, 0) is 6.42 Å². The minimum atomic E-state index is -3.35. The van der Waals surface area contributed by atoms with Crippen LogP contribution in [-0.2, 0) is 14.8 Å². The lowest BCUT2D eigenvalue weighted by atomic mass is 10.3. The summed E-state index contributed by atoms with van der Waals surface area (Å²) in [4.78, 5) is 4.13. The molecule has 0 saturated carbocycles. The molecule has 1 atom stereocenters. The van der Waals surface area contributed by atoms with Crippen molar-refractivity contribution in [2.24, 2.45) is 5.73 Å². The van der Waals surface area contributed by atoms with Gasteiger partial charge in [0.05, 0.1) is 25.0 Å². The Bertz CT molecular complexity index is 420. The fraction of sp³-hybridized carbons (Fsp3) is 0.700. The molecule has 0 aliphatic rings. The van der Waals surface area contributed by atoms with Gasteiger partial charge in [-0.3, -0.25) is 0 Å². The van der Waals surface area contributed by atoms with Crippen LogP contribution in [0.5, 0.6) is 0 Å². The van der Waals surface area contributed by atoms with Gasteiger partial charge in [0.2, 0.25) is 10.0 Å². The number of nitrogens with zero attached hydrogens (tertiary/aromatic N) is 1. The maximum Gasteiger partial charge on any atom is 0.214 e. The summed E-state index contributed by atoms with van der Waals surface area (Å²) in [6.45, 7) is 2.84. The predicted octanol–water partition coefficient (Wildman–Crippen LogP) is 0.489. The molecule has 3 N–H and O–H groups in total. The maximum absolute atomic E-state index is 11.8. The third-order valence-electron chi connectivity index (χ3n) is 2.24. The zero-order valence-electron chi connectivity index (χ0n) is 10.3. The van der Waals surface area contributed by atoms with Crippen molar-refractivity contribution in [3.63, 3.8) is 0 Å². The minimum Gasteiger partial charge on any atom is -0.379 e. The Morgan fingerprint density at radius 2 is 2.33 bits per heavy atom. The van der Waals surface area contributed by atoms with E-state index >= 15 is 0 Å². The molecule has 0 aromatic carbocycles. The number of aromatic nitrogens is 1. The number of nitrogens with two attached hydrogens (primary N) is 1. The van der Waals surface area contributed by atoms with Crippen molar-refractivity contribution in [2.75, 3.05) is 25.5 Å². The van der Waals surface area contributed by atoms with E-state index in [1.807, 2.05) is 12.3 Å². The molecule has 8 heteroatoms. The van der Waals surface area contributed by atoms with Crippen molar-refractivity contribution in [1.82, 2.24) is 9.71 Å². The number of nitrogens with one attached hydrogen (secondary N) is 1. The Morgan fingerprint density at radius 3 is 2.89 bits per heavy atom. The zero-order valence-corrected chi connectivity index (χ0v) is 12.0. The summed E-state index contributed by atoms with van der Waals surface area (Å²) in [5.41, 5.74) is 5.25. The molecule has 104 valence electrons. The normalized spacial score (nSPS) is 13.7. The summed E-state index contributed by atoms with van der Waals surface area (Å²) in [7, 11) is -3.35. The molecule has 0 aliphatic carbocycles. The molecule has 0 radical (unpaired) electrons. The molecular formula is C10H19N3O3S2. The summed E-state index contributed by atoms with van der Waals surface area (Å²) in [6.07, 6.45) is 2.33. The van der Waals surface area contributed by atoms with Crippen LogP contribution in [0.4, 0.5) is 0 Å². The number of ether oxygens (including phenoxy) is 1. The lowest BCUT2D eigenvalue weighted by Crippen LogP contribution is -2.32. The molecule has 18 heavy (non-hydrogen) atoms. The molecule has 0 amide bonds. The average molecular weight is 293 g/mol. The number of rotatable bonds is 9. The fourth-order valence-corrected chi connectivity index (χ4v) is 3.36. The minimum absolute atomic E-state index is 0.0606. The number of thiazole rings is 1. The van der Waals surface area contributed by atoms with Gasteiger partial charge in [0.1, 0.15) is 5.01 Å². The van der Waals surface area contributed by atoms with Gasteiger partial charge in [-0.15, -0.1) is 11.3 Å². The van der Waals surface area contributed by atoms with E-state index in [0.717, 1.165) is 5.01 Å². The first-order chi connectivity index (χ1) is 8.59. The van der Waals surface area contributed by atoms with Gasteiger partial charge < -0.3 is 10.5 Å². The van der Waals surface area contributed by atoms with Gasteiger partial charge in [-0.2, -0.15) is 0 Å². The lowest BCUT2D eigenvalue weighted by molar-refractivity contribution is 0.156. The van der Waals surface area contributed by atoms with Crippen LogP contribution < -0.4 is 10.5 Å². The second-order valence-electron chi connectivity index (χ2n) is 3.67. The van der Waals surface area contributed by atoms with E-state index in [-0.39, 0.29) is 18.4 Å². The Morgan fingerprint density at radius 1 is 1.56 bits per heavy atom. The molecule has 1 aromatic heterocycles. The van der Waals surface area contributed by atoms with Crippen LogP contribution in [-0.4, -0.2) is 38.9 Å². The third kappa shape index (κ3) is 5.40. The Hall–Kier alpha value is -0.540. The molecule has 0 bridgehead atoms. The average Bonchev–Trinajstić information content (AvgIpc) is 2.85. The summed E-state index contributed by atoms with van der Waals surface area (Å²) in [5.74, 6) is -0.0606. The van der Waals surface area contributed by atoms with Crippen molar-refractivity contribution in [3.8, 4) is 0 Å². The summed E-state index contributed by atoms with van der Waals surface area (Å²) in [6, 6.07) is -0.260. The highest BCUT2D eigenvalue weighted by atomic mass is 32.2. The fourth-order valence-electron chi connectivity index (χ4n) is 1.34. The Kier molecular flexibility index (Phi) is 6.72. The van der Waals surface area contributed by atoms with Crippen LogP contribution in [0.15, 0.2) is 11.6 Å². The van der Waals surface area contributed by atoms with E-state index in [1.54, 1.807) is 6.20 Å². The van der Waals surface area contributed by atoms with Crippen molar-refractivity contribution < 1.29 is 13.2 Å². The first-order valence-electron chi connectivity index (χ1n) is 5.76. The van der Waals surface area contributed by atoms with Gasteiger partial charge in [-0.25, -0.2) is 18.1 Å². The van der Waals surface area contributed by atoms with Crippen molar-refractivity contribution in [3.05, 3.63) is 16.6 Å². The highest BCUT2D eigenvalue weighted by Crippen LogP contribution is 2.19. The van der Waals surface area contributed by atoms with Crippen molar-refractivity contribution in [2.45, 2.75) is 19.4 Å². The summed E-state index contributed by atoms with van der Waals surface area (Å²) >= 11 is 1.44. The van der Waals surface area contributed by atoms with E-state index in [4.69, 9.17) is 10.5 Å². The molecule has 1 rings (SSSR count). The van der Waals surface area contributed by atoms with Crippen LogP contribution in [0.3, 0.4) is 0 Å². The Labute approximate surface area is 112 Å². The van der Waals surface area contributed by atoms with Gasteiger partial charge in [0, 0.05) is 18.1 Å².